The van der Waals surface area contributed by atoms with Crippen LogP contribution in [0.15, 0.2) is 71.8 Å². The number of nitrogens with zero attached hydrogens (tertiary/aromatic N) is 1. The van der Waals surface area contributed by atoms with Gasteiger partial charge in [0.05, 0.1) is 12.8 Å². The summed E-state index contributed by atoms with van der Waals surface area (Å²) in [6.07, 6.45) is 1.47. The van der Waals surface area contributed by atoms with Gasteiger partial charge in [-0.2, -0.15) is 5.10 Å². The molecule has 1 amide bonds. The molecule has 0 spiro atoms. The van der Waals surface area contributed by atoms with Gasteiger partial charge in [-0.1, -0.05) is 42.5 Å². The summed E-state index contributed by atoms with van der Waals surface area (Å²) in [6, 6.07) is 19.8. The number of rotatable bonds is 5. The first-order chi connectivity index (χ1) is 11.7. The molecule has 0 bridgehead atoms. The monoisotopic (exact) mass is 321 g/mol. The molecule has 0 heterocycles. The normalized spacial score (nSPS) is 10.9. The fourth-order valence-electron chi connectivity index (χ4n) is 2.25. The Balaban J connectivity index is 1.52. The van der Waals surface area contributed by atoms with Gasteiger partial charge >= 0.3 is 0 Å². The summed E-state index contributed by atoms with van der Waals surface area (Å²) in [5, 5.41) is 9.16. The topological polar surface area (TPSA) is 53.5 Å². The Hall–Kier alpha value is -3.21. The molecule has 0 aliphatic carbocycles. The summed E-state index contributed by atoms with van der Waals surface area (Å²) in [7, 11) is 0. The fraction of sp³-hybridized carbons (Fsp3) is 0.0526. The van der Waals surface area contributed by atoms with Crippen molar-refractivity contribution >= 4 is 28.6 Å². The molecule has 5 heteroatoms. The molecular weight excluding hydrogens is 305 g/mol. The average molecular weight is 321 g/mol. The molecule has 0 aromatic heterocycles. The van der Waals surface area contributed by atoms with Crippen molar-refractivity contribution in [1.29, 1.82) is 0 Å². The molecule has 120 valence electrons. The third-order valence-corrected chi connectivity index (χ3v) is 3.48. The number of nitrogens with one attached hydrogen (secondary N) is 2. The average Bonchev–Trinajstić information content (AvgIpc) is 2.61. The Bertz CT molecular complexity index is 875. The highest BCUT2D eigenvalue weighted by molar-refractivity contribution is 5.87. The van der Waals surface area contributed by atoms with Crippen LogP contribution in [0.5, 0.6) is 0 Å². The van der Waals surface area contributed by atoms with E-state index in [1.807, 2.05) is 42.5 Å². The maximum atomic E-state index is 12.8. The van der Waals surface area contributed by atoms with Crippen LogP contribution in [0.2, 0.25) is 0 Å². The van der Waals surface area contributed by atoms with Gasteiger partial charge in [-0.05, 0) is 40.6 Å². The summed E-state index contributed by atoms with van der Waals surface area (Å²) < 4.78 is 12.8. The molecule has 0 radical (unpaired) electrons. The number of fused-ring (bicyclic) bond motifs is 1. The number of hydrazone groups is 1. The summed E-state index contributed by atoms with van der Waals surface area (Å²) in [5.74, 6) is -0.572. The SMILES string of the molecule is O=C(CNc1ccc2ccccc2c1)N/N=C\c1ccc(F)cc1. The molecule has 24 heavy (non-hydrogen) atoms. The van der Waals surface area contributed by atoms with E-state index in [4.69, 9.17) is 0 Å². The van der Waals surface area contributed by atoms with E-state index in [2.05, 4.69) is 15.8 Å². The van der Waals surface area contributed by atoms with Crippen molar-refractivity contribution < 1.29 is 9.18 Å². The molecule has 3 aromatic carbocycles. The Morgan fingerprint density at radius 2 is 1.75 bits per heavy atom. The van der Waals surface area contributed by atoms with E-state index in [9.17, 15) is 9.18 Å². The van der Waals surface area contributed by atoms with E-state index < -0.39 is 0 Å². The zero-order valence-corrected chi connectivity index (χ0v) is 12.9. The fourth-order valence-corrected chi connectivity index (χ4v) is 2.25. The number of carbonyl (C=O) groups excluding carboxylic acids is 1. The summed E-state index contributed by atoms with van der Waals surface area (Å²) in [5.41, 5.74) is 4.00. The summed E-state index contributed by atoms with van der Waals surface area (Å²) in [6.45, 7) is 0.110. The van der Waals surface area contributed by atoms with Crippen molar-refractivity contribution in [2.45, 2.75) is 0 Å². The Kier molecular flexibility index (Phi) is 4.81. The van der Waals surface area contributed by atoms with Gasteiger partial charge in [0.25, 0.3) is 5.91 Å². The standard InChI is InChI=1S/C19H16FN3O/c20-17-8-5-14(6-9-17)12-22-23-19(24)13-21-18-10-7-15-3-1-2-4-16(15)11-18/h1-12,21H,13H2,(H,23,24)/b22-12-. The predicted molar refractivity (Wildman–Crippen MR) is 94.6 cm³/mol. The van der Waals surface area contributed by atoms with Gasteiger partial charge in [0, 0.05) is 5.69 Å². The van der Waals surface area contributed by atoms with Crippen LogP contribution in [0.3, 0.4) is 0 Å². The van der Waals surface area contributed by atoms with Gasteiger partial charge in [0.2, 0.25) is 0 Å². The number of benzene rings is 3. The van der Waals surface area contributed by atoms with Crippen LogP contribution in [0.4, 0.5) is 10.1 Å². The maximum absolute atomic E-state index is 12.8. The van der Waals surface area contributed by atoms with Gasteiger partial charge in [0.1, 0.15) is 5.82 Å². The van der Waals surface area contributed by atoms with Crippen LogP contribution in [0.1, 0.15) is 5.56 Å². The highest BCUT2D eigenvalue weighted by atomic mass is 19.1. The zero-order chi connectivity index (χ0) is 16.8. The van der Waals surface area contributed by atoms with Crippen LogP contribution in [-0.2, 0) is 4.79 Å². The highest BCUT2D eigenvalue weighted by Crippen LogP contribution is 2.18. The van der Waals surface area contributed by atoms with E-state index in [0.717, 1.165) is 16.5 Å². The third kappa shape index (κ3) is 4.16. The van der Waals surface area contributed by atoms with Crippen molar-refractivity contribution in [3.8, 4) is 0 Å². The minimum Gasteiger partial charge on any atom is -0.376 e. The first-order valence-corrected chi connectivity index (χ1v) is 7.51. The largest absolute Gasteiger partial charge is 0.376 e. The molecule has 0 aliphatic heterocycles. The predicted octanol–water partition coefficient (Wildman–Crippen LogP) is 3.54. The lowest BCUT2D eigenvalue weighted by atomic mass is 10.1. The van der Waals surface area contributed by atoms with Crippen molar-refractivity contribution in [1.82, 2.24) is 5.43 Å². The Labute approximate surface area is 139 Å². The molecule has 0 unspecified atom stereocenters. The molecular formula is C19H16FN3O. The first kappa shape index (κ1) is 15.7. The quantitative estimate of drug-likeness (QED) is 0.558. The number of amides is 1. The lowest BCUT2D eigenvalue weighted by molar-refractivity contribution is -0.119. The molecule has 3 rings (SSSR count). The van der Waals surface area contributed by atoms with Crippen molar-refractivity contribution in [2.75, 3.05) is 11.9 Å². The number of anilines is 1. The minimum absolute atomic E-state index is 0.110. The van der Waals surface area contributed by atoms with Crippen LogP contribution < -0.4 is 10.7 Å². The maximum Gasteiger partial charge on any atom is 0.259 e. The van der Waals surface area contributed by atoms with Crippen molar-refractivity contribution in [3.63, 3.8) is 0 Å². The zero-order valence-electron chi connectivity index (χ0n) is 12.9. The molecule has 0 fully saturated rings. The molecule has 4 nitrogen and oxygen atoms in total. The van der Waals surface area contributed by atoms with Crippen molar-refractivity contribution in [2.24, 2.45) is 5.10 Å². The van der Waals surface area contributed by atoms with E-state index in [0.29, 0.717) is 5.56 Å². The van der Waals surface area contributed by atoms with Crippen LogP contribution in [0.25, 0.3) is 10.8 Å². The Morgan fingerprint density at radius 1 is 1.00 bits per heavy atom. The molecule has 0 saturated carbocycles. The Morgan fingerprint density at radius 3 is 2.54 bits per heavy atom. The molecule has 0 aliphatic rings. The summed E-state index contributed by atoms with van der Waals surface area (Å²) >= 11 is 0. The molecule has 0 saturated heterocycles. The first-order valence-electron chi connectivity index (χ1n) is 7.51. The van der Waals surface area contributed by atoms with Crippen LogP contribution in [0, 0.1) is 5.82 Å². The van der Waals surface area contributed by atoms with Gasteiger partial charge in [-0.25, -0.2) is 9.82 Å². The van der Waals surface area contributed by atoms with E-state index in [1.165, 1.54) is 18.3 Å². The molecule has 2 N–H and O–H groups in total. The molecule has 3 aromatic rings. The van der Waals surface area contributed by atoms with E-state index in [-0.39, 0.29) is 18.3 Å². The van der Waals surface area contributed by atoms with Gasteiger partial charge in [-0.15, -0.1) is 0 Å². The highest BCUT2D eigenvalue weighted by Gasteiger charge is 2.00. The number of carbonyl (C=O) groups is 1. The van der Waals surface area contributed by atoms with Gasteiger partial charge < -0.3 is 5.32 Å². The number of hydrogen-bond acceptors (Lipinski definition) is 3. The smallest absolute Gasteiger partial charge is 0.259 e. The van der Waals surface area contributed by atoms with E-state index >= 15 is 0 Å². The lowest BCUT2D eigenvalue weighted by Gasteiger charge is -2.06. The molecule has 0 atom stereocenters. The van der Waals surface area contributed by atoms with Gasteiger partial charge in [-0.3, -0.25) is 4.79 Å². The lowest BCUT2D eigenvalue weighted by Crippen LogP contribution is -2.25. The van der Waals surface area contributed by atoms with Crippen molar-refractivity contribution in [3.05, 3.63) is 78.1 Å². The second-order valence-corrected chi connectivity index (χ2v) is 5.26. The third-order valence-electron chi connectivity index (χ3n) is 3.48. The second-order valence-electron chi connectivity index (χ2n) is 5.26. The number of hydrogen-bond donors (Lipinski definition) is 2. The van der Waals surface area contributed by atoms with Crippen LogP contribution >= 0.6 is 0 Å². The summed E-state index contributed by atoms with van der Waals surface area (Å²) in [4.78, 5) is 11.8. The van der Waals surface area contributed by atoms with Crippen LogP contribution in [-0.4, -0.2) is 18.7 Å². The van der Waals surface area contributed by atoms with E-state index in [1.54, 1.807) is 12.1 Å². The number of halogens is 1. The van der Waals surface area contributed by atoms with Gasteiger partial charge in [0.15, 0.2) is 0 Å². The second kappa shape index (κ2) is 7.37. The minimum atomic E-state index is -0.309.